The third-order valence-corrected chi connectivity index (χ3v) is 4.62. The number of rotatable bonds is 8. The Kier molecular flexibility index (Phi) is 6.49. The van der Waals surface area contributed by atoms with Gasteiger partial charge in [0.25, 0.3) is 0 Å². The number of nitrogens with zero attached hydrogens (tertiary/aromatic N) is 1. The summed E-state index contributed by atoms with van der Waals surface area (Å²) in [7, 11) is 4.68. The van der Waals surface area contributed by atoms with Crippen LogP contribution in [0.3, 0.4) is 0 Å². The molecule has 0 amide bonds. The van der Waals surface area contributed by atoms with Crippen LogP contribution in [0.4, 0.5) is 5.69 Å². The summed E-state index contributed by atoms with van der Waals surface area (Å²) in [6, 6.07) is 8.86. The summed E-state index contributed by atoms with van der Waals surface area (Å²) >= 11 is 0. The van der Waals surface area contributed by atoms with Crippen molar-refractivity contribution in [2.45, 2.75) is 12.8 Å². The number of ether oxygens (including phenoxy) is 4. The largest absolute Gasteiger partial charge is 0.493 e. The zero-order chi connectivity index (χ0) is 19.9. The van der Waals surface area contributed by atoms with Gasteiger partial charge in [-0.15, -0.1) is 0 Å². The number of hydrogen-bond donors (Lipinski definition) is 2. The number of likely N-dealkylation sites (tertiary alicyclic amines) is 1. The molecule has 7 heteroatoms. The third kappa shape index (κ3) is 4.43. The second kappa shape index (κ2) is 9.23. The van der Waals surface area contributed by atoms with Crippen LogP contribution < -0.4 is 24.4 Å². The van der Waals surface area contributed by atoms with Crippen molar-refractivity contribution in [2.24, 2.45) is 0 Å². The van der Waals surface area contributed by atoms with Crippen molar-refractivity contribution in [1.82, 2.24) is 4.90 Å². The second-order valence-corrected chi connectivity index (χ2v) is 6.38. The van der Waals surface area contributed by atoms with E-state index in [1.807, 2.05) is 18.3 Å². The van der Waals surface area contributed by atoms with Gasteiger partial charge < -0.3 is 23.8 Å². The summed E-state index contributed by atoms with van der Waals surface area (Å²) in [5, 5.41) is 9.40. The van der Waals surface area contributed by atoms with Gasteiger partial charge in [0.2, 0.25) is 5.75 Å². The molecule has 1 fully saturated rings. The van der Waals surface area contributed by atoms with Crippen molar-refractivity contribution >= 4 is 11.8 Å². The summed E-state index contributed by atoms with van der Waals surface area (Å²) in [6.07, 6.45) is 6.43. The molecule has 0 spiro atoms. The molecule has 1 heterocycles. The van der Waals surface area contributed by atoms with Gasteiger partial charge in [0.15, 0.2) is 11.5 Å². The van der Waals surface area contributed by atoms with Gasteiger partial charge in [0, 0.05) is 30.8 Å². The molecule has 2 N–H and O–H groups in total. The molecule has 7 nitrogen and oxygen atoms in total. The molecule has 2 aromatic rings. The van der Waals surface area contributed by atoms with Gasteiger partial charge in [0.05, 0.1) is 27.0 Å². The van der Waals surface area contributed by atoms with Crippen LogP contribution in [0.25, 0.3) is 6.08 Å². The molecule has 3 rings (SSSR count). The van der Waals surface area contributed by atoms with E-state index in [0.29, 0.717) is 34.4 Å². The second-order valence-electron chi connectivity index (χ2n) is 6.38. The van der Waals surface area contributed by atoms with Crippen LogP contribution in [0, 0.1) is 0 Å². The fraction of sp³-hybridized carbons (Fsp3) is 0.333. The Labute approximate surface area is 165 Å². The number of nitrogens with one attached hydrogen (secondary N) is 1. The molecule has 0 unspecified atom stereocenters. The molecule has 0 aliphatic carbocycles. The number of benzene rings is 2. The Morgan fingerprint density at radius 1 is 0.929 bits per heavy atom. The molecule has 0 aromatic heterocycles. The number of methoxy groups -OCH3 is 3. The van der Waals surface area contributed by atoms with E-state index in [-0.39, 0.29) is 0 Å². The standard InChI is InChI=1S/C21H26N2O5/c1-25-19-13-17(14-20(26-2)21(19)27-3)28-16-6-7-18(22-24)15(12-16)8-11-23-9-4-5-10-23/h6-8,11-14,22,24H,4-5,9-10H2,1-3H3/b11-8+. The van der Waals surface area contributed by atoms with Gasteiger partial charge in [-0.25, -0.2) is 0 Å². The number of anilines is 1. The molecule has 0 atom stereocenters. The molecule has 1 saturated heterocycles. The van der Waals surface area contributed by atoms with E-state index < -0.39 is 0 Å². The summed E-state index contributed by atoms with van der Waals surface area (Å²) in [4.78, 5) is 2.26. The van der Waals surface area contributed by atoms with Gasteiger partial charge >= 0.3 is 0 Å². The van der Waals surface area contributed by atoms with Crippen LogP contribution in [0.15, 0.2) is 36.5 Å². The fourth-order valence-corrected chi connectivity index (χ4v) is 3.17. The molecular weight excluding hydrogens is 360 g/mol. The highest BCUT2D eigenvalue weighted by atomic mass is 16.5. The van der Waals surface area contributed by atoms with Crippen LogP contribution >= 0.6 is 0 Å². The minimum Gasteiger partial charge on any atom is -0.493 e. The summed E-state index contributed by atoms with van der Waals surface area (Å²) < 4.78 is 22.1. The van der Waals surface area contributed by atoms with E-state index in [4.69, 9.17) is 18.9 Å². The maximum atomic E-state index is 9.40. The Morgan fingerprint density at radius 3 is 2.18 bits per heavy atom. The molecule has 0 saturated carbocycles. The first-order chi connectivity index (χ1) is 13.7. The van der Waals surface area contributed by atoms with Crippen molar-refractivity contribution in [1.29, 1.82) is 0 Å². The summed E-state index contributed by atoms with van der Waals surface area (Å²) in [5.74, 6) is 2.70. The first kappa shape index (κ1) is 19.7. The van der Waals surface area contributed by atoms with Crippen molar-refractivity contribution in [3.63, 3.8) is 0 Å². The van der Waals surface area contributed by atoms with E-state index in [0.717, 1.165) is 18.7 Å². The Morgan fingerprint density at radius 2 is 1.61 bits per heavy atom. The topological polar surface area (TPSA) is 72.4 Å². The van der Waals surface area contributed by atoms with Crippen LogP contribution in [0.5, 0.6) is 28.7 Å². The molecular formula is C21H26N2O5. The van der Waals surface area contributed by atoms with Crippen LogP contribution in [0.2, 0.25) is 0 Å². The quantitative estimate of drug-likeness (QED) is 0.653. The minimum atomic E-state index is 0.506. The minimum absolute atomic E-state index is 0.506. The average molecular weight is 386 g/mol. The first-order valence-corrected chi connectivity index (χ1v) is 9.12. The average Bonchev–Trinajstić information content (AvgIpc) is 3.25. The smallest absolute Gasteiger partial charge is 0.203 e. The van der Waals surface area contributed by atoms with Crippen molar-refractivity contribution in [2.75, 3.05) is 39.9 Å². The fourth-order valence-electron chi connectivity index (χ4n) is 3.17. The predicted molar refractivity (Wildman–Crippen MR) is 108 cm³/mol. The number of hydrogen-bond acceptors (Lipinski definition) is 7. The van der Waals surface area contributed by atoms with Gasteiger partial charge in [-0.05, 0) is 43.3 Å². The van der Waals surface area contributed by atoms with Gasteiger partial charge in [-0.1, -0.05) is 0 Å². The molecule has 1 aliphatic heterocycles. The Bertz CT molecular complexity index is 807. The normalized spacial score (nSPS) is 13.6. The third-order valence-electron chi connectivity index (χ3n) is 4.62. The van der Waals surface area contributed by atoms with Crippen molar-refractivity contribution in [3.8, 4) is 28.7 Å². The summed E-state index contributed by atoms with van der Waals surface area (Å²) in [6.45, 7) is 2.11. The van der Waals surface area contributed by atoms with Gasteiger partial charge in [-0.2, -0.15) is 0 Å². The zero-order valence-corrected chi connectivity index (χ0v) is 16.4. The SMILES string of the molecule is COc1cc(Oc2ccc(NO)c(/C=C/N3CCCC3)c2)cc(OC)c1OC. The van der Waals surface area contributed by atoms with Gasteiger partial charge in [-0.3, -0.25) is 10.7 Å². The predicted octanol–water partition coefficient (Wildman–Crippen LogP) is 4.37. The lowest BCUT2D eigenvalue weighted by Gasteiger charge is -2.15. The molecule has 150 valence electrons. The van der Waals surface area contributed by atoms with E-state index in [2.05, 4.69) is 10.4 Å². The van der Waals surface area contributed by atoms with Crippen LogP contribution in [-0.4, -0.2) is 44.5 Å². The Hall–Kier alpha value is -3.06. The van der Waals surface area contributed by atoms with Crippen molar-refractivity contribution in [3.05, 3.63) is 42.1 Å². The lowest BCUT2D eigenvalue weighted by molar-refractivity contribution is 0.321. The van der Waals surface area contributed by atoms with E-state index in [1.54, 1.807) is 45.6 Å². The van der Waals surface area contributed by atoms with Crippen LogP contribution in [0.1, 0.15) is 18.4 Å². The lowest BCUT2D eigenvalue weighted by atomic mass is 10.1. The molecule has 1 aliphatic rings. The maximum absolute atomic E-state index is 9.40. The van der Waals surface area contributed by atoms with E-state index >= 15 is 0 Å². The molecule has 0 bridgehead atoms. The van der Waals surface area contributed by atoms with E-state index in [1.165, 1.54) is 12.8 Å². The first-order valence-electron chi connectivity index (χ1n) is 9.12. The van der Waals surface area contributed by atoms with Crippen molar-refractivity contribution < 1.29 is 24.2 Å². The summed E-state index contributed by atoms with van der Waals surface area (Å²) in [5.41, 5.74) is 3.65. The lowest BCUT2D eigenvalue weighted by Crippen LogP contribution is -2.10. The monoisotopic (exact) mass is 386 g/mol. The molecule has 2 aromatic carbocycles. The molecule has 0 radical (unpaired) electrons. The van der Waals surface area contributed by atoms with Crippen LogP contribution in [-0.2, 0) is 0 Å². The highest BCUT2D eigenvalue weighted by Gasteiger charge is 2.15. The maximum Gasteiger partial charge on any atom is 0.203 e. The van der Waals surface area contributed by atoms with E-state index in [9.17, 15) is 5.21 Å². The zero-order valence-electron chi connectivity index (χ0n) is 16.4. The highest BCUT2D eigenvalue weighted by molar-refractivity contribution is 5.68. The highest BCUT2D eigenvalue weighted by Crippen LogP contribution is 2.42. The Balaban J connectivity index is 1.87. The molecule has 28 heavy (non-hydrogen) atoms. The van der Waals surface area contributed by atoms with Gasteiger partial charge in [0.1, 0.15) is 11.5 Å².